The van der Waals surface area contributed by atoms with Crippen molar-refractivity contribution in [1.29, 1.82) is 0 Å². The molecule has 1 aliphatic rings. The van der Waals surface area contributed by atoms with E-state index in [4.69, 9.17) is 10.5 Å². The molecule has 1 saturated heterocycles. The fourth-order valence-electron chi connectivity index (χ4n) is 2.51. The van der Waals surface area contributed by atoms with Gasteiger partial charge in [-0.3, -0.25) is 0 Å². The average molecular weight is 329 g/mol. The summed E-state index contributed by atoms with van der Waals surface area (Å²) in [6.45, 7) is 8.15. The van der Waals surface area contributed by atoms with Gasteiger partial charge in [0.05, 0.1) is 11.4 Å². The number of nitrogens with zero attached hydrogens (tertiary/aromatic N) is 3. The Morgan fingerprint density at radius 2 is 2.25 bits per heavy atom. The third kappa shape index (κ3) is 5.38. The molecule has 2 rings (SSSR count). The first-order valence-corrected chi connectivity index (χ1v) is 8.44. The van der Waals surface area contributed by atoms with Crippen molar-refractivity contribution in [3.05, 3.63) is 42.4 Å². The Hall–Kier alpha value is -2.34. The van der Waals surface area contributed by atoms with Gasteiger partial charge < -0.3 is 20.7 Å². The monoisotopic (exact) mass is 329 g/mol. The first kappa shape index (κ1) is 18.0. The molecule has 24 heavy (non-hydrogen) atoms. The van der Waals surface area contributed by atoms with Crippen molar-refractivity contribution in [1.82, 2.24) is 10.3 Å². The zero-order chi connectivity index (χ0) is 17.2. The highest BCUT2D eigenvalue weighted by Gasteiger charge is 2.15. The van der Waals surface area contributed by atoms with E-state index < -0.39 is 0 Å². The van der Waals surface area contributed by atoms with Gasteiger partial charge in [-0.25, -0.2) is 9.98 Å². The van der Waals surface area contributed by atoms with E-state index in [9.17, 15) is 0 Å². The van der Waals surface area contributed by atoms with Gasteiger partial charge in [0.25, 0.3) is 0 Å². The largest absolute Gasteiger partial charge is 0.470 e. The summed E-state index contributed by atoms with van der Waals surface area (Å²) in [6, 6.07) is 3.98. The number of aliphatic imine (C=N–C) groups is 1. The number of hydrogen-bond acceptors (Lipinski definition) is 6. The lowest BCUT2D eigenvalue weighted by atomic mass is 10.3. The van der Waals surface area contributed by atoms with E-state index in [1.807, 2.05) is 44.2 Å². The van der Waals surface area contributed by atoms with Crippen LogP contribution in [0.5, 0.6) is 5.88 Å². The summed E-state index contributed by atoms with van der Waals surface area (Å²) >= 11 is 0. The number of ether oxygens (including phenoxy) is 1. The van der Waals surface area contributed by atoms with Gasteiger partial charge in [-0.15, -0.1) is 0 Å². The molecule has 0 radical (unpaired) electrons. The van der Waals surface area contributed by atoms with E-state index in [0.29, 0.717) is 18.3 Å². The quantitative estimate of drug-likeness (QED) is 0.749. The van der Waals surface area contributed by atoms with E-state index in [1.165, 1.54) is 0 Å². The van der Waals surface area contributed by atoms with Crippen molar-refractivity contribution in [3.63, 3.8) is 0 Å². The molecule has 6 heteroatoms. The minimum Gasteiger partial charge on any atom is -0.470 e. The Labute approximate surface area is 144 Å². The zero-order valence-electron chi connectivity index (χ0n) is 14.5. The number of hydrogen-bond donors (Lipinski definition) is 2. The summed E-state index contributed by atoms with van der Waals surface area (Å²) in [4.78, 5) is 11.1. The van der Waals surface area contributed by atoms with Gasteiger partial charge in [-0.2, -0.15) is 0 Å². The molecular weight excluding hydrogens is 302 g/mol. The molecule has 0 saturated carbocycles. The van der Waals surface area contributed by atoms with Crippen molar-refractivity contribution in [3.8, 4) is 5.88 Å². The van der Waals surface area contributed by atoms with Crippen LogP contribution in [0.4, 0.5) is 5.69 Å². The number of pyridine rings is 1. The van der Waals surface area contributed by atoms with Crippen LogP contribution in [-0.2, 0) is 0 Å². The highest BCUT2D eigenvalue weighted by molar-refractivity contribution is 5.96. The van der Waals surface area contributed by atoms with E-state index >= 15 is 0 Å². The number of rotatable bonds is 7. The van der Waals surface area contributed by atoms with E-state index in [2.05, 4.69) is 20.2 Å². The molecule has 1 aromatic rings. The van der Waals surface area contributed by atoms with Crippen LogP contribution in [0.1, 0.15) is 20.3 Å². The minimum atomic E-state index is 0.332. The summed E-state index contributed by atoms with van der Waals surface area (Å²) in [5.74, 6) is 1.15. The van der Waals surface area contributed by atoms with Crippen molar-refractivity contribution in [2.24, 2.45) is 10.7 Å². The molecule has 6 nitrogen and oxygen atoms in total. The van der Waals surface area contributed by atoms with E-state index in [1.54, 1.807) is 6.20 Å². The number of nitrogens with two attached hydrogens (primary N) is 1. The molecule has 0 atom stereocenters. The molecule has 130 valence electrons. The third-order valence-electron chi connectivity index (χ3n) is 3.61. The van der Waals surface area contributed by atoms with Crippen LogP contribution < -0.4 is 20.7 Å². The number of nitrogens with one attached hydrogen (secondary N) is 1. The lowest BCUT2D eigenvalue weighted by Gasteiger charge is -2.30. The maximum Gasteiger partial charge on any atom is 0.237 e. The van der Waals surface area contributed by atoms with Crippen LogP contribution >= 0.6 is 0 Å². The normalized spacial score (nSPS) is 16.7. The maximum atomic E-state index is 5.95. The Kier molecular flexibility index (Phi) is 7.29. The van der Waals surface area contributed by atoms with Crippen LogP contribution in [0.25, 0.3) is 0 Å². The van der Waals surface area contributed by atoms with Gasteiger partial charge in [-0.1, -0.05) is 13.0 Å². The smallest absolute Gasteiger partial charge is 0.237 e. The molecule has 0 aliphatic carbocycles. The molecule has 1 fully saturated rings. The second-order valence-electron chi connectivity index (χ2n) is 5.49. The number of allylic oxidation sites excluding steroid dienone is 2. The Morgan fingerprint density at radius 3 is 2.96 bits per heavy atom. The fraction of sp³-hybridized carbons (Fsp3) is 0.444. The van der Waals surface area contributed by atoms with Crippen LogP contribution in [0.3, 0.4) is 0 Å². The standard InChI is InChI=1S/C18H27N5O/c1-3-6-15(22-17(19)7-4-2)14-24-18-16(8-5-9-21-18)23-12-10-20-11-13-23/h3,5-9,20H,4,10-14,19H2,1-2H3/b6-3-,17-7+,22-15+. The first-order chi connectivity index (χ1) is 11.7. The van der Waals surface area contributed by atoms with E-state index in [0.717, 1.165) is 44.0 Å². The molecule has 0 bridgehead atoms. The van der Waals surface area contributed by atoms with Crippen molar-refractivity contribution in [2.45, 2.75) is 20.3 Å². The average Bonchev–Trinajstić information content (AvgIpc) is 2.61. The van der Waals surface area contributed by atoms with Gasteiger partial charge in [0, 0.05) is 32.4 Å². The molecule has 1 aromatic heterocycles. The highest BCUT2D eigenvalue weighted by Crippen LogP contribution is 2.25. The summed E-state index contributed by atoms with van der Waals surface area (Å²) in [5, 5.41) is 3.35. The SMILES string of the molecule is C\C=C/C(COc1ncccc1N1CCNCC1)=N\C(N)=C\CC. The summed E-state index contributed by atoms with van der Waals surface area (Å²) in [7, 11) is 0. The molecular formula is C18H27N5O. The van der Waals surface area contributed by atoms with Crippen LogP contribution in [0.15, 0.2) is 47.4 Å². The fourth-order valence-corrected chi connectivity index (χ4v) is 2.51. The molecule has 3 N–H and O–H groups in total. The van der Waals surface area contributed by atoms with Gasteiger partial charge in [0.2, 0.25) is 5.88 Å². The second-order valence-corrected chi connectivity index (χ2v) is 5.49. The van der Waals surface area contributed by atoms with Crippen LogP contribution in [0.2, 0.25) is 0 Å². The number of piperazine rings is 1. The van der Waals surface area contributed by atoms with Crippen LogP contribution in [0, 0.1) is 0 Å². The molecule has 0 unspecified atom stereocenters. The maximum absolute atomic E-state index is 5.95. The lowest BCUT2D eigenvalue weighted by molar-refractivity contribution is 0.361. The Balaban J connectivity index is 2.10. The van der Waals surface area contributed by atoms with Crippen LogP contribution in [-0.4, -0.2) is 43.5 Å². The molecule has 0 spiro atoms. The minimum absolute atomic E-state index is 0.332. The Morgan fingerprint density at radius 1 is 1.46 bits per heavy atom. The Bertz CT molecular complexity index is 603. The van der Waals surface area contributed by atoms with Crippen molar-refractivity contribution < 1.29 is 4.74 Å². The summed E-state index contributed by atoms with van der Waals surface area (Å²) in [6.07, 6.45) is 8.32. The first-order valence-electron chi connectivity index (χ1n) is 8.44. The molecule has 0 amide bonds. The van der Waals surface area contributed by atoms with Gasteiger partial charge in [-0.05, 0) is 37.6 Å². The third-order valence-corrected chi connectivity index (χ3v) is 3.61. The highest BCUT2D eigenvalue weighted by atomic mass is 16.5. The van der Waals surface area contributed by atoms with E-state index in [-0.39, 0.29) is 0 Å². The number of anilines is 1. The van der Waals surface area contributed by atoms with Gasteiger partial charge >= 0.3 is 0 Å². The van der Waals surface area contributed by atoms with Gasteiger partial charge in [0.1, 0.15) is 12.4 Å². The number of aromatic nitrogens is 1. The summed E-state index contributed by atoms with van der Waals surface area (Å²) in [5.41, 5.74) is 7.68. The predicted octanol–water partition coefficient (Wildman–Crippen LogP) is 2.10. The molecule has 0 aromatic carbocycles. The van der Waals surface area contributed by atoms with Crippen molar-refractivity contribution in [2.75, 3.05) is 37.7 Å². The summed E-state index contributed by atoms with van der Waals surface area (Å²) < 4.78 is 5.95. The lowest BCUT2D eigenvalue weighted by Crippen LogP contribution is -2.43. The predicted molar refractivity (Wildman–Crippen MR) is 99.6 cm³/mol. The molecule has 2 heterocycles. The molecule has 1 aliphatic heterocycles. The van der Waals surface area contributed by atoms with Gasteiger partial charge in [0.15, 0.2) is 0 Å². The zero-order valence-corrected chi connectivity index (χ0v) is 14.5. The van der Waals surface area contributed by atoms with Crippen molar-refractivity contribution >= 4 is 11.4 Å². The second kappa shape index (κ2) is 9.72. The topological polar surface area (TPSA) is 75.8 Å².